The smallest absolute Gasteiger partial charge is 0.261 e. The van der Waals surface area contributed by atoms with E-state index >= 15 is 0 Å². The minimum absolute atomic E-state index is 0.0345. The van der Waals surface area contributed by atoms with Gasteiger partial charge < -0.3 is 15.1 Å². The van der Waals surface area contributed by atoms with Crippen LogP contribution in [0.5, 0.6) is 0 Å². The molecule has 3 aromatic heterocycles. The third-order valence-corrected chi connectivity index (χ3v) is 7.62. The second-order valence-corrected chi connectivity index (χ2v) is 9.47. The number of aromatic nitrogens is 2. The van der Waals surface area contributed by atoms with Crippen molar-refractivity contribution in [1.29, 1.82) is 0 Å². The summed E-state index contributed by atoms with van der Waals surface area (Å²) in [7, 11) is 1.65. The van der Waals surface area contributed by atoms with Crippen LogP contribution in [0.15, 0.2) is 36.7 Å². The van der Waals surface area contributed by atoms with Gasteiger partial charge in [0, 0.05) is 62.5 Å². The van der Waals surface area contributed by atoms with E-state index in [4.69, 9.17) is 0 Å². The lowest BCUT2D eigenvalue weighted by Crippen LogP contribution is -2.31. The Morgan fingerprint density at radius 2 is 1.94 bits per heavy atom. The van der Waals surface area contributed by atoms with Crippen LogP contribution in [0.3, 0.4) is 0 Å². The summed E-state index contributed by atoms with van der Waals surface area (Å²) in [5, 5.41) is 3.77. The van der Waals surface area contributed by atoms with Gasteiger partial charge in [0.05, 0.1) is 4.88 Å². The molecular formula is C24H27N5O2S. The van der Waals surface area contributed by atoms with E-state index < -0.39 is 0 Å². The van der Waals surface area contributed by atoms with Crippen LogP contribution in [-0.4, -0.2) is 59.9 Å². The highest BCUT2D eigenvalue weighted by molar-refractivity contribution is 7.20. The number of carbonyl (C=O) groups is 2. The molecule has 5 rings (SSSR count). The standard InChI is InChI=1S/C24H27N5O2S/c1-25-22(30)21-20(18-6-5-9-27-23(18)32-21)17-8-13-29(15-17)24(31)16-7-10-26-19(14-16)28-11-3-2-4-12-28/h5-7,9-10,14,17H,2-4,8,11-13,15H2,1H3,(H,25,30)/t17-/m1/s1. The van der Waals surface area contributed by atoms with Crippen LogP contribution in [0.4, 0.5) is 5.82 Å². The van der Waals surface area contributed by atoms with E-state index in [1.54, 1.807) is 19.4 Å². The van der Waals surface area contributed by atoms with E-state index in [1.165, 1.54) is 30.6 Å². The van der Waals surface area contributed by atoms with E-state index in [-0.39, 0.29) is 17.7 Å². The highest BCUT2D eigenvalue weighted by Gasteiger charge is 2.33. The molecule has 0 aromatic carbocycles. The van der Waals surface area contributed by atoms with Crippen LogP contribution < -0.4 is 10.2 Å². The number of hydrogen-bond donors (Lipinski definition) is 1. The molecule has 166 valence electrons. The first-order valence-corrected chi connectivity index (χ1v) is 12.1. The number of piperidine rings is 1. The van der Waals surface area contributed by atoms with Crippen LogP contribution in [0, 0.1) is 0 Å². The average Bonchev–Trinajstić information content (AvgIpc) is 3.48. The zero-order chi connectivity index (χ0) is 22.1. The third kappa shape index (κ3) is 3.83. The Morgan fingerprint density at radius 1 is 1.09 bits per heavy atom. The molecular weight excluding hydrogens is 422 g/mol. The van der Waals surface area contributed by atoms with Gasteiger partial charge in [0.2, 0.25) is 0 Å². The Morgan fingerprint density at radius 3 is 2.75 bits per heavy atom. The number of fused-ring (bicyclic) bond motifs is 1. The predicted octanol–water partition coefficient (Wildman–Crippen LogP) is 3.67. The number of amides is 2. The second kappa shape index (κ2) is 8.86. The number of thiophene rings is 1. The normalized spacial score (nSPS) is 18.8. The summed E-state index contributed by atoms with van der Waals surface area (Å²) in [5.74, 6) is 0.955. The SMILES string of the molecule is CNC(=O)c1sc2ncccc2c1[C@@H]1CCN(C(=O)c2ccnc(N3CCCCC3)c2)C1. The van der Waals surface area contributed by atoms with E-state index in [2.05, 4.69) is 20.2 Å². The molecule has 0 unspecified atom stereocenters. The van der Waals surface area contributed by atoms with Gasteiger partial charge in [-0.3, -0.25) is 9.59 Å². The van der Waals surface area contributed by atoms with Gasteiger partial charge in [0.25, 0.3) is 11.8 Å². The quantitative estimate of drug-likeness (QED) is 0.658. The molecule has 2 aliphatic heterocycles. The lowest BCUT2D eigenvalue weighted by molar-refractivity contribution is 0.0790. The monoisotopic (exact) mass is 449 g/mol. The maximum absolute atomic E-state index is 13.3. The van der Waals surface area contributed by atoms with Crippen molar-refractivity contribution in [2.24, 2.45) is 0 Å². The molecule has 2 saturated heterocycles. The molecule has 32 heavy (non-hydrogen) atoms. The van der Waals surface area contributed by atoms with Gasteiger partial charge in [-0.15, -0.1) is 11.3 Å². The molecule has 1 atom stereocenters. The molecule has 3 aromatic rings. The molecule has 8 heteroatoms. The van der Waals surface area contributed by atoms with Crippen LogP contribution in [0.2, 0.25) is 0 Å². The highest BCUT2D eigenvalue weighted by Crippen LogP contribution is 2.39. The van der Waals surface area contributed by atoms with Gasteiger partial charge >= 0.3 is 0 Å². The molecule has 0 spiro atoms. The summed E-state index contributed by atoms with van der Waals surface area (Å²) in [4.78, 5) is 40.6. The minimum Gasteiger partial charge on any atom is -0.357 e. The number of hydrogen-bond acceptors (Lipinski definition) is 6. The van der Waals surface area contributed by atoms with Crippen molar-refractivity contribution < 1.29 is 9.59 Å². The molecule has 1 N–H and O–H groups in total. The van der Waals surface area contributed by atoms with E-state index in [0.717, 1.165) is 41.1 Å². The fourth-order valence-electron chi connectivity index (χ4n) is 4.85. The summed E-state index contributed by atoms with van der Waals surface area (Å²) >= 11 is 1.43. The summed E-state index contributed by atoms with van der Waals surface area (Å²) in [5.41, 5.74) is 1.71. The second-order valence-electron chi connectivity index (χ2n) is 8.47. The number of anilines is 1. The molecule has 7 nitrogen and oxygen atoms in total. The number of likely N-dealkylation sites (tertiary alicyclic amines) is 1. The van der Waals surface area contributed by atoms with Gasteiger partial charge in [-0.25, -0.2) is 9.97 Å². The lowest BCUT2D eigenvalue weighted by atomic mass is 9.95. The number of nitrogens with one attached hydrogen (secondary N) is 1. The van der Waals surface area contributed by atoms with Gasteiger partial charge in [-0.2, -0.15) is 0 Å². The molecule has 0 radical (unpaired) electrons. The first-order valence-electron chi connectivity index (χ1n) is 11.3. The fraction of sp³-hybridized carbons (Fsp3) is 0.417. The van der Waals surface area contributed by atoms with Crippen LogP contribution in [0.25, 0.3) is 10.2 Å². The lowest BCUT2D eigenvalue weighted by Gasteiger charge is -2.28. The van der Waals surface area contributed by atoms with E-state index in [9.17, 15) is 9.59 Å². The van der Waals surface area contributed by atoms with Crippen molar-refractivity contribution in [3.8, 4) is 0 Å². The maximum Gasteiger partial charge on any atom is 0.261 e. The molecule has 2 aliphatic rings. The summed E-state index contributed by atoms with van der Waals surface area (Å²) in [6.07, 6.45) is 7.93. The van der Waals surface area contributed by atoms with Crippen molar-refractivity contribution in [2.75, 3.05) is 38.1 Å². The van der Waals surface area contributed by atoms with Crippen LogP contribution >= 0.6 is 11.3 Å². The molecule has 0 saturated carbocycles. The van der Waals surface area contributed by atoms with Gasteiger partial charge in [-0.05, 0) is 49.4 Å². The third-order valence-electron chi connectivity index (χ3n) is 6.49. The number of nitrogens with zero attached hydrogens (tertiary/aromatic N) is 4. The largest absolute Gasteiger partial charge is 0.357 e. The van der Waals surface area contributed by atoms with Crippen molar-refractivity contribution in [2.45, 2.75) is 31.6 Å². The van der Waals surface area contributed by atoms with Crippen LogP contribution in [0.1, 0.15) is 57.2 Å². The van der Waals surface area contributed by atoms with Gasteiger partial charge in [0.1, 0.15) is 10.6 Å². The summed E-state index contributed by atoms with van der Waals surface area (Å²) in [6.45, 7) is 3.27. The van der Waals surface area contributed by atoms with E-state index in [0.29, 0.717) is 23.5 Å². The Kier molecular flexibility index (Phi) is 5.78. The van der Waals surface area contributed by atoms with Crippen molar-refractivity contribution in [3.05, 3.63) is 52.7 Å². The summed E-state index contributed by atoms with van der Waals surface area (Å²) < 4.78 is 0. The predicted molar refractivity (Wildman–Crippen MR) is 127 cm³/mol. The Balaban J connectivity index is 1.38. The Hall–Kier alpha value is -3.00. The topological polar surface area (TPSA) is 78.4 Å². The molecule has 0 bridgehead atoms. The molecule has 2 amide bonds. The first-order chi connectivity index (χ1) is 15.7. The fourth-order valence-corrected chi connectivity index (χ4v) is 6.03. The number of rotatable bonds is 4. The zero-order valence-electron chi connectivity index (χ0n) is 18.2. The Bertz CT molecular complexity index is 1150. The van der Waals surface area contributed by atoms with Crippen LogP contribution in [-0.2, 0) is 0 Å². The van der Waals surface area contributed by atoms with E-state index in [1.807, 2.05) is 29.2 Å². The van der Waals surface area contributed by atoms with Crippen molar-refractivity contribution in [3.63, 3.8) is 0 Å². The maximum atomic E-state index is 13.3. The van der Waals surface area contributed by atoms with Crippen molar-refractivity contribution in [1.82, 2.24) is 20.2 Å². The number of carbonyl (C=O) groups excluding carboxylic acids is 2. The van der Waals surface area contributed by atoms with Gasteiger partial charge in [0.15, 0.2) is 0 Å². The summed E-state index contributed by atoms with van der Waals surface area (Å²) in [6, 6.07) is 7.67. The molecule has 0 aliphatic carbocycles. The molecule has 5 heterocycles. The molecule has 2 fully saturated rings. The average molecular weight is 450 g/mol. The van der Waals surface area contributed by atoms with Gasteiger partial charge in [-0.1, -0.05) is 6.07 Å². The minimum atomic E-state index is -0.0897. The van der Waals surface area contributed by atoms with Crippen molar-refractivity contribution >= 4 is 39.2 Å². The highest BCUT2D eigenvalue weighted by atomic mass is 32.1. The first kappa shape index (κ1) is 20.9. The Labute approximate surface area is 191 Å². The zero-order valence-corrected chi connectivity index (χ0v) is 19.0. The number of pyridine rings is 2.